The van der Waals surface area contributed by atoms with E-state index >= 15 is 0 Å². The number of unbranched alkanes of at least 4 members (excludes halogenated alkanes) is 1. The zero-order valence-corrected chi connectivity index (χ0v) is 15.3. The van der Waals surface area contributed by atoms with Gasteiger partial charge >= 0.3 is 136 Å². The van der Waals surface area contributed by atoms with Crippen LogP contribution in [-0.4, -0.2) is 27.5 Å². The maximum atomic E-state index is 6.17. The molecule has 0 N–H and O–H groups in total. The molecule has 0 fully saturated rings. The van der Waals surface area contributed by atoms with E-state index in [9.17, 15) is 0 Å². The SMILES string of the molecule is CCCCOC(C)P(=[Se])(c1ccccc1)c1ccccc1. The normalized spacial score (nSPS) is 13.0. The fraction of sp³-hybridized carbons (Fsp3) is 0.333. The molecule has 0 radical (unpaired) electrons. The Hall–Kier alpha value is -0.651. The summed E-state index contributed by atoms with van der Waals surface area (Å²) in [6, 6.07) is 21.5. The van der Waals surface area contributed by atoms with E-state index in [4.69, 9.17) is 4.74 Å². The van der Waals surface area contributed by atoms with Crippen LogP contribution < -0.4 is 10.6 Å². The molecule has 0 saturated heterocycles. The minimum absolute atomic E-state index is 0.189. The van der Waals surface area contributed by atoms with Crippen molar-refractivity contribution < 1.29 is 4.74 Å². The van der Waals surface area contributed by atoms with Crippen LogP contribution in [0.3, 0.4) is 0 Å². The fourth-order valence-corrected chi connectivity index (χ4v) is 6.97. The van der Waals surface area contributed by atoms with E-state index in [0.717, 1.165) is 13.0 Å². The number of hydrogen-bond donors (Lipinski definition) is 0. The Morgan fingerprint density at radius 1 is 0.952 bits per heavy atom. The molecule has 0 heterocycles. The third-order valence-corrected chi connectivity index (χ3v) is 11.5. The van der Waals surface area contributed by atoms with Gasteiger partial charge in [-0.3, -0.25) is 0 Å². The van der Waals surface area contributed by atoms with Gasteiger partial charge in [0.15, 0.2) is 0 Å². The maximum absolute atomic E-state index is 6.17. The van der Waals surface area contributed by atoms with Gasteiger partial charge in [0.25, 0.3) is 0 Å². The molecule has 0 bridgehead atoms. The van der Waals surface area contributed by atoms with Crippen molar-refractivity contribution in [1.82, 2.24) is 0 Å². The van der Waals surface area contributed by atoms with Gasteiger partial charge in [0.1, 0.15) is 0 Å². The van der Waals surface area contributed by atoms with Gasteiger partial charge in [-0.25, -0.2) is 0 Å². The molecule has 0 aromatic heterocycles. The first-order valence-corrected chi connectivity index (χ1v) is 11.6. The summed E-state index contributed by atoms with van der Waals surface area (Å²) in [6.07, 6.45) is 2.29. The number of benzene rings is 2. The monoisotopic (exact) mass is 366 g/mol. The molecule has 0 aliphatic rings. The molecule has 2 rings (SSSR count). The van der Waals surface area contributed by atoms with Gasteiger partial charge in [0, 0.05) is 0 Å². The van der Waals surface area contributed by atoms with Gasteiger partial charge in [0.2, 0.25) is 0 Å². The molecule has 0 saturated carbocycles. The zero-order chi connectivity index (χ0) is 15.1. The second-order valence-electron chi connectivity index (χ2n) is 5.15. The molecule has 0 spiro atoms. The topological polar surface area (TPSA) is 9.23 Å². The third-order valence-electron chi connectivity index (χ3n) is 3.65. The zero-order valence-electron chi connectivity index (χ0n) is 12.7. The Kier molecular flexibility index (Phi) is 6.45. The van der Waals surface area contributed by atoms with Gasteiger partial charge in [-0.1, -0.05) is 0 Å². The summed E-state index contributed by atoms with van der Waals surface area (Å²) in [4.78, 5) is 0. The summed E-state index contributed by atoms with van der Waals surface area (Å²) in [7, 11) is 0. The van der Waals surface area contributed by atoms with Gasteiger partial charge in [-0.05, 0) is 0 Å². The Bertz CT molecular complexity index is 539. The molecular weight excluding hydrogens is 342 g/mol. The van der Waals surface area contributed by atoms with E-state index in [1.54, 1.807) is 0 Å². The van der Waals surface area contributed by atoms with Crippen LogP contribution >= 0.6 is 5.51 Å². The van der Waals surface area contributed by atoms with Crippen molar-refractivity contribution in [3.8, 4) is 0 Å². The first-order valence-electron chi connectivity index (χ1n) is 7.52. The summed E-state index contributed by atoms with van der Waals surface area (Å²) in [5, 5.41) is 2.72. The molecule has 2 aromatic carbocycles. The van der Waals surface area contributed by atoms with Crippen LogP contribution in [0.2, 0.25) is 0 Å². The van der Waals surface area contributed by atoms with E-state index in [2.05, 4.69) is 89.6 Å². The van der Waals surface area contributed by atoms with Crippen molar-refractivity contribution in [2.45, 2.75) is 32.5 Å². The molecule has 112 valence electrons. The molecule has 1 atom stereocenters. The van der Waals surface area contributed by atoms with Gasteiger partial charge in [-0.15, -0.1) is 0 Å². The quantitative estimate of drug-likeness (QED) is 0.411. The van der Waals surface area contributed by atoms with Crippen molar-refractivity contribution >= 4 is 31.2 Å². The molecule has 3 heteroatoms. The van der Waals surface area contributed by atoms with Gasteiger partial charge in [0.05, 0.1) is 0 Å². The van der Waals surface area contributed by atoms with Crippen molar-refractivity contribution in [3.63, 3.8) is 0 Å². The first kappa shape index (κ1) is 16.7. The van der Waals surface area contributed by atoms with E-state index in [1.165, 1.54) is 17.0 Å². The standard InChI is InChI=1S/C18H23OPSe/c1-3-4-15-19-16(2)20(21,17-11-7-5-8-12-17)18-13-9-6-10-14-18/h5-14,16H,3-4,15H2,1-2H3. The van der Waals surface area contributed by atoms with Crippen LogP contribution in [0, 0.1) is 0 Å². The van der Waals surface area contributed by atoms with E-state index in [-0.39, 0.29) is 5.85 Å². The second kappa shape index (κ2) is 8.11. The van der Waals surface area contributed by atoms with Crippen LogP contribution in [0.4, 0.5) is 0 Å². The van der Waals surface area contributed by atoms with E-state index < -0.39 is 5.51 Å². The summed E-state index contributed by atoms with van der Waals surface area (Å²) >= 11 is 3.54. The summed E-state index contributed by atoms with van der Waals surface area (Å²) in [6.45, 7) is 5.24. The fourth-order valence-electron chi connectivity index (χ4n) is 2.37. The first-order chi connectivity index (χ1) is 10.2. The minimum atomic E-state index is -1.65. The summed E-state index contributed by atoms with van der Waals surface area (Å²) < 4.78 is 6.17. The average Bonchev–Trinajstić information content (AvgIpc) is 2.56. The third kappa shape index (κ3) is 3.96. The predicted octanol–water partition coefficient (Wildman–Crippen LogP) is 3.90. The van der Waals surface area contributed by atoms with Crippen LogP contribution in [0.25, 0.3) is 0 Å². The van der Waals surface area contributed by atoms with Crippen LogP contribution in [0.5, 0.6) is 0 Å². The Balaban J connectivity index is 2.38. The molecule has 1 unspecified atom stereocenters. The number of rotatable bonds is 7. The molecule has 21 heavy (non-hydrogen) atoms. The van der Waals surface area contributed by atoms with Crippen molar-refractivity contribution in [3.05, 3.63) is 60.7 Å². The Labute approximate surface area is 136 Å². The molecule has 0 amide bonds. The average molecular weight is 365 g/mol. The second-order valence-corrected chi connectivity index (χ2v) is 11.9. The van der Waals surface area contributed by atoms with Crippen molar-refractivity contribution in [1.29, 1.82) is 0 Å². The van der Waals surface area contributed by atoms with Crippen LogP contribution in [-0.2, 0) is 4.74 Å². The number of hydrogen-bond acceptors (Lipinski definition) is 1. The Morgan fingerprint density at radius 2 is 1.43 bits per heavy atom. The van der Waals surface area contributed by atoms with E-state index in [1.807, 2.05) is 0 Å². The summed E-state index contributed by atoms with van der Waals surface area (Å²) in [5.74, 6) is 0.189. The molecule has 0 aliphatic heterocycles. The Morgan fingerprint density at radius 3 is 1.86 bits per heavy atom. The van der Waals surface area contributed by atoms with Gasteiger partial charge in [-0.2, -0.15) is 0 Å². The predicted molar refractivity (Wildman–Crippen MR) is 95.1 cm³/mol. The molecular formula is C18H23OPSe. The van der Waals surface area contributed by atoms with Crippen molar-refractivity contribution in [2.24, 2.45) is 0 Å². The van der Waals surface area contributed by atoms with Crippen molar-refractivity contribution in [2.75, 3.05) is 6.61 Å². The molecule has 0 aliphatic carbocycles. The van der Waals surface area contributed by atoms with Gasteiger partial charge < -0.3 is 0 Å². The summed E-state index contributed by atoms with van der Waals surface area (Å²) in [5.41, 5.74) is -1.65. The number of ether oxygens (including phenoxy) is 1. The molecule has 1 nitrogen and oxygen atoms in total. The van der Waals surface area contributed by atoms with E-state index in [0.29, 0.717) is 0 Å². The van der Waals surface area contributed by atoms with Crippen LogP contribution in [0.1, 0.15) is 26.7 Å². The van der Waals surface area contributed by atoms with Crippen LogP contribution in [0.15, 0.2) is 60.7 Å². The molecule has 2 aromatic rings.